The van der Waals surface area contributed by atoms with E-state index in [1.165, 1.54) is 18.0 Å². The van der Waals surface area contributed by atoms with E-state index in [0.29, 0.717) is 16.2 Å². The van der Waals surface area contributed by atoms with Crippen LogP contribution < -0.4 is 5.32 Å². The molecule has 1 amide bonds. The second-order valence-electron chi connectivity index (χ2n) is 3.37. The molecule has 0 fully saturated rings. The Hall–Kier alpha value is -1.40. The normalized spacial score (nSPS) is 10.1. The summed E-state index contributed by atoms with van der Waals surface area (Å²) >= 11 is 4.66. The highest BCUT2D eigenvalue weighted by atomic mass is 79.9. The molecule has 2 rings (SSSR count). The van der Waals surface area contributed by atoms with Gasteiger partial charge in [-0.25, -0.2) is 9.97 Å². The molecule has 2 aromatic rings. The molecule has 0 bridgehead atoms. The molecular weight excluding hydrogens is 314 g/mol. The van der Waals surface area contributed by atoms with Gasteiger partial charge in [-0.3, -0.25) is 4.79 Å². The highest BCUT2D eigenvalue weighted by Crippen LogP contribution is 2.17. The minimum absolute atomic E-state index is 0.0968. The lowest BCUT2D eigenvalue weighted by Crippen LogP contribution is -2.15. The summed E-state index contributed by atoms with van der Waals surface area (Å²) in [7, 11) is 0. The van der Waals surface area contributed by atoms with Crippen LogP contribution in [-0.4, -0.2) is 21.6 Å². The number of nitrogens with one attached hydrogen (secondary N) is 1. The molecule has 92 valence electrons. The van der Waals surface area contributed by atoms with Gasteiger partial charge in [0.05, 0.1) is 18.1 Å². The number of aromatic nitrogens is 2. The molecule has 1 aromatic heterocycles. The van der Waals surface area contributed by atoms with E-state index in [2.05, 4.69) is 31.2 Å². The van der Waals surface area contributed by atoms with Crippen molar-refractivity contribution in [2.75, 3.05) is 11.1 Å². The highest BCUT2D eigenvalue weighted by molar-refractivity contribution is 9.10. The summed E-state index contributed by atoms with van der Waals surface area (Å²) < 4.78 is 0.638. The summed E-state index contributed by atoms with van der Waals surface area (Å²) in [5.74, 6) is 0.708. The Bertz CT molecular complexity index is 519. The topological polar surface area (TPSA) is 54.9 Å². The first-order valence-corrected chi connectivity index (χ1v) is 6.97. The molecule has 18 heavy (non-hydrogen) atoms. The van der Waals surface area contributed by atoms with Gasteiger partial charge in [-0.1, -0.05) is 18.2 Å². The predicted octanol–water partition coefficient (Wildman–Crippen LogP) is 2.97. The van der Waals surface area contributed by atoms with Crippen LogP contribution >= 0.6 is 27.7 Å². The molecule has 0 atom stereocenters. The van der Waals surface area contributed by atoms with E-state index in [9.17, 15) is 4.79 Å². The minimum Gasteiger partial charge on any atom is -0.309 e. The van der Waals surface area contributed by atoms with Crippen LogP contribution in [0, 0.1) is 0 Å². The molecule has 0 radical (unpaired) electrons. The number of rotatable bonds is 4. The molecule has 1 heterocycles. The molecule has 0 unspecified atom stereocenters. The van der Waals surface area contributed by atoms with Gasteiger partial charge in [-0.2, -0.15) is 0 Å². The lowest BCUT2D eigenvalue weighted by molar-refractivity contribution is -0.113. The third-order valence-corrected chi connectivity index (χ3v) is 3.42. The predicted molar refractivity (Wildman–Crippen MR) is 75.5 cm³/mol. The van der Waals surface area contributed by atoms with Crippen molar-refractivity contribution in [2.45, 2.75) is 4.90 Å². The number of carbonyl (C=O) groups is 1. The Labute approximate surface area is 117 Å². The van der Waals surface area contributed by atoms with Crippen molar-refractivity contribution in [2.24, 2.45) is 0 Å². The van der Waals surface area contributed by atoms with Crippen LogP contribution in [-0.2, 0) is 4.79 Å². The number of benzene rings is 1. The van der Waals surface area contributed by atoms with Crippen LogP contribution in [0.2, 0.25) is 0 Å². The quantitative estimate of drug-likeness (QED) is 0.879. The molecule has 0 saturated carbocycles. The van der Waals surface area contributed by atoms with Crippen LogP contribution in [0.15, 0.2) is 52.2 Å². The summed E-state index contributed by atoms with van der Waals surface area (Å²) in [5.41, 5.74) is 0. The number of carbonyl (C=O) groups excluding carboxylic acids is 1. The summed E-state index contributed by atoms with van der Waals surface area (Å²) in [4.78, 5) is 20.7. The minimum atomic E-state index is -0.0968. The van der Waals surface area contributed by atoms with Crippen molar-refractivity contribution in [3.63, 3.8) is 0 Å². The van der Waals surface area contributed by atoms with E-state index in [0.717, 1.165) is 4.90 Å². The van der Waals surface area contributed by atoms with Crippen molar-refractivity contribution < 1.29 is 4.79 Å². The number of hydrogen-bond donors (Lipinski definition) is 1. The second kappa shape index (κ2) is 6.51. The van der Waals surface area contributed by atoms with Crippen LogP contribution in [0.3, 0.4) is 0 Å². The van der Waals surface area contributed by atoms with Crippen molar-refractivity contribution >= 4 is 39.4 Å². The number of hydrogen-bond acceptors (Lipinski definition) is 4. The molecule has 6 heteroatoms. The Morgan fingerprint density at radius 3 is 2.67 bits per heavy atom. The van der Waals surface area contributed by atoms with Crippen LogP contribution in [0.5, 0.6) is 0 Å². The summed E-state index contributed by atoms with van der Waals surface area (Å²) in [5, 5.41) is 2.69. The van der Waals surface area contributed by atoms with Gasteiger partial charge in [0, 0.05) is 4.90 Å². The van der Waals surface area contributed by atoms with Gasteiger partial charge < -0.3 is 5.32 Å². The average molecular weight is 324 g/mol. The molecule has 4 nitrogen and oxygen atoms in total. The summed E-state index contributed by atoms with van der Waals surface area (Å²) in [6.45, 7) is 0. The number of halogens is 1. The van der Waals surface area contributed by atoms with Crippen molar-refractivity contribution in [1.29, 1.82) is 0 Å². The van der Waals surface area contributed by atoms with E-state index in [1.54, 1.807) is 6.20 Å². The molecule has 1 N–H and O–H groups in total. The number of amides is 1. The highest BCUT2D eigenvalue weighted by Gasteiger charge is 2.04. The number of thioether (sulfide) groups is 1. The van der Waals surface area contributed by atoms with Gasteiger partial charge in [0.1, 0.15) is 4.60 Å². The van der Waals surface area contributed by atoms with Gasteiger partial charge in [-0.05, 0) is 28.1 Å². The lowest BCUT2D eigenvalue weighted by Gasteiger charge is -2.03. The molecular formula is C12H10BrN3OS. The molecule has 0 aliphatic carbocycles. The monoisotopic (exact) mass is 323 g/mol. The molecule has 0 aliphatic rings. The Morgan fingerprint density at radius 2 is 2.00 bits per heavy atom. The van der Waals surface area contributed by atoms with E-state index < -0.39 is 0 Å². The lowest BCUT2D eigenvalue weighted by atomic mass is 10.4. The first kappa shape index (κ1) is 13.0. The van der Waals surface area contributed by atoms with E-state index >= 15 is 0 Å². The van der Waals surface area contributed by atoms with Crippen LogP contribution in [0.25, 0.3) is 0 Å². The van der Waals surface area contributed by atoms with E-state index in [4.69, 9.17) is 0 Å². The van der Waals surface area contributed by atoms with Crippen molar-refractivity contribution in [3.05, 3.63) is 47.3 Å². The summed E-state index contributed by atoms with van der Waals surface area (Å²) in [6, 6.07) is 9.77. The van der Waals surface area contributed by atoms with Crippen molar-refractivity contribution in [1.82, 2.24) is 9.97 Å². The second-order valence-corrected chi connectivity index (χ2v) is 5.24. The standard InChI is InChI=1S/C12H10BrN3OS/c13-10-6-15-11(7-14-10)16-12(17)8-18-9-4-2-1-3-5-9/h1-7H,8H2,(H,15,16,17). The molecule has 0 saturated heterocycles. The maximum atomic E-state index is 11.7. The maximum Gasteiger partial charge on any atom is 0.235 e. The third kappa shape index (κ3) is 4.12. The Balaban J connectivity index is 1.84. The van der Waals surface area contributed by atoms with E-state index in [1.807, 2.05) is 30.3 Å². The zero-order valence-electron chi connectivity index (χ0n) is 9.34. The van der Waals surface area contributed by atoms with Gasteiger partial charge in [0.25, 0.3) is 0 Å². The first-order valence-electron chi connectivity index (χ1n) is 5.19. The Morgan fingerprint density at radius 1 is 1.22 bits per heavy atom. The van der Waals surface area contributed by atoms with Crippen LogP contribution in [0.4, 0.5) is 5.82 Å². The molecule has 1 aromatic carbocycles. The first-order chi connectivity index (χ1) is 8.74. The molecule has 0 aliphatic heterocycles. The fourth-order valence-electron chi connectivity index (χ4n) is 1.22. The fourth-order valence-corrected chi connectivity index (χ4v) is 2.15. The fraction of sp³-hybridized carbons (Fsp3) is 0.0833. The smallest absolute Gasteiger partial charge is 0.235 e. The van der Waals surface area contributed by atoms with Gasteiger partial charge in [0.15, 0.2) is 5.82 Å². The number of nitrogens with zero attached hydrogens (tertiary/aromatic N) is 2. The molecule has 0 spiro atoms. The van der Waals surface area contributed by atoms with Crippen LogP contribution in [0.1, 0.15) is 0 Å². The van der Waals surface area contributed by atoms with Gasteiger partial charge in [-0.15, -0.1) is 11.8 Å². The van der Waals surface area contributed by atoms with E-state index in [-0.39, 0.29) is 5.91 Å². The SMILES string of the molecule is O=C(CSc1ccccc1)Nc1cnc(Br)cn1. The third-order valence-electron chi connectivity index (χ3n) is 2.00. The van der Waals surface area contributed by atoms with Gasteiger partial charge in [0.2, 0.25) is 5.91 Å². The average Bonchev–Trinajstić information content (AvgIpc) is 2.40. The largest absolute Gasteiger partial charge is 0.309 e. The van der Waals surface area contributed by atoms with Gasteiger partial charge >= 0.3 is 0 Å². The summed E-state index contributed by atoms with van der Waals surface area (Å²) in [6.07, 6.45) is 3.05. The zero-order chi connectivity index (χ0) is 12.8. The zero-order valence-corrected chi connectivity index (χ0v) is 11.7. The van der Waals surface area contributed by atoms with Crippen molar-refractivity contribution in [3.8, 4) is 0 Å². The Kier molecular flexibility index (Phi) is 4.72. The maximum absolute atomic E-state index is 11.7. The number of anilines is 1.